The van der Waals surface area contributed by atoms with Crippen molar-refractivity contribution in [1.29, 1.82) is 0 Å². The minimum atomic E-state index is 0.476. The Morgan fingerprint density at radius 3 is 2.73 bits per heavy atom. The van der Waals surface area contributed by atoms with E-state index in [1.807, 2.05) is 30.5 Å². The van der Waals surface area contributed by atoms with Crippen LogP contribution in [0.5, 0.6) is 0 Å². The van der Waals surface area contributed by atoms with E-state index in [4.69, 9.17) is 0 Å². The Labute approximate surface area is 131 Å². The van der Waals surface area contributed by atoms with E-state index in [-0.39, 0.29) is 0 Å². The minimum Gasteiger partial charge on any atom is -0.350 e. The number of hydrogen-bond donors (Lipinski definition) is 1. The summed E-state index contributed by atoms with van der Waals surface area (Å²) in [5.74, 6) is 0.649. The summed E-state index contributed by atoms with van der Waals surface area (Å²) in [6.07, 6.45) is 10.0. The van der Waals surface area contributed by atoms with Crippen molar-refractivity contribution >= 4 is 12.2 Å². The van der Waals surface area contributed by atoms with E-state index in [0.717, 1.165) is 12.2 Å². The van der Waals surface area contributed by atoms with Crippen molar-refractivity contribution in [2.75, 3.05) is 5.32 Å². The molecule has 1 N–H and O–H groups in total. The van der Waals surface area contributed by atoms with Crippen molar-refractivity contribution < 1.29 is 0 Å². The first-order chi connectivity index (χ1) is 10.9. The maximum atomic E-state index is 4.67. The highest BCUT2D eigenvalue weighted by atomic mass is 15.1. The first kappa shape index (κ1) is 14.7. The molecule has 0 unspecified atom stereocenters. The lowest BCUT2D eigenvalue weighted by Crippen LogP contribution is -2.10. The Bertz CT molecular complexity index is 603. The molecule has 1 fully saturated rings. The first-order valence-electron chi connectivity index (χ1n) is 8.04. The molecule has 1 aromatic heterocycles. The van der Waals surface area contributed by atoms with Crippen LogP contribution in [0.25, 0.3) is 0 Å². The Morgan fingerprint density at radius 2 is 1.91 bits per heavy atom. The van der Waals surface area contributed by atoms with E-state index in [2.05, 4.69) is 32.4 Å². The molecule has 0 radical (unpaired) electrons. The second kappa shape index (κ2) is 7.69. The highest BCUT2D eigenvalue weighted by Crippen LogP contribution is 2.20. The molecule has 1 saturated carbocycles. The summed E-state index contributed by atoms with van der Waals surface area (Å²) >= 11 is 0. The molecule has 0 spiro atoms. The van der Waals surface area contributed by atoms with Gasteiger partial charge in [0.1, 0.15) is 0 Å². The molecule has 0 atom stereocenters. The SMILES string of the molecule is C(=NC1CCCCC1)c1ccnc(NCc2ccccc2)n1. The van der Waals surface area contributed by atoms with Crippen LogP contribution in [0.2, 0.25) is 0 Å². The molecule has 2 aromatic rings. The van der Waals surface area contributed by atoms with E-state index in [0.29, 0.717) is 12.0 Å². The monoisotopic (exact) mass is 294 g/mol. The van der Waals surface area contributed by atoms with Crippen LogP contribution in [-0.4, -0.2) is 22.2 Å². The number of aliphatic imine (C=N–C) groups is 1. The quantitative estimate of drug-likeness (QED) is 0.852. The molecule has 4 nitrogen and oxygen atoms in total. The van der Waals surface area contributed by atoms with E-state index in [1.54, 1.807) is 6.20 Å². The van der Waals surface area contributed by atoms with Crippen LogP contribution < -0.4 is 5.32 Å². The largest absolute Gasteiger partial charge is 0.350 e. The number of benzene rings is 1. The molecule has 0 bridgehead atoms. The fourth-order valence-electron chi connectivity index (χ4n) is 2.72. The normalized spacial score (nSPS) is 16.0. The maximum absolute atomic E-state index is 4.67. The minimum absolute atomic E-state index is 0.476. The summed E-state index contributed by atoms with van der Waals surface area (Å²) in [6.45, 7) is 0.726. The number of aromatic nitrogens is 2. The van der Waals surface area contributed by atoms with Gasteiger partial charge in [-0.1, -0.05) is 49.6 Å². The molecular weight excluding hydrogens is 272 g/mol. The molecule has 3 rings (SSSR count). The van der Waals surface area contributed by atoms with Gasteiger partial charge in [-0.25, -0.2) is 9.97 Å². The summed E-state index contributed by atoms with van der Waals surface area (Å²) in [6, 6.07) is 12.6. The molecular formula is C18H22N4. The van der Waals surface area contributed by atoms with Crippen molar-refractivity contribution in [2.24, 2.45) is 4.99 Å². The number of anilines is 1. The molecule has 1 heterocycles. The van der Waals surface area contributed by atoms with Gasteiger partial charge in [-0.05, 0) is 24.5 Å². The third-order valence-electron chi connectivity index (χ3n) is 3.96. The molecule has 1 aromatic carbocycles. The predicted octanol–water partition coefficient (Wildman–Crippen LogP) is 3.84. The van der Waals surface area contributed by atoms with Gasteiger partial charge >= 0.3 is 0 Å². The van der Waals surface area contributed by atoms with Gasteiger partial charge in [0, 0.05) is 19.0 Å². The van der Waals surface area contributed by atoms with Crippen molar-refractivity contribution in [2.45, 2.75) is 44.7 Å². The zero-order valence-electron chi connectivity index (χ0n) is 12.8. The van der Waals surface area contributed by atoms with Crippen LogP contribution in [0.1, 0.15) is 43.4 Å². The number of rotatable bonds is 5. The van der Waals surface area contributed by atoms with Gasteiger partial charge in [0.2, 0.25) is 5.95 Å². The van der Waals surface area contributed by atoms with Gasteiger partial charge in [-0.15, -0.1) is 0 Å². The summed E-state index contributed by atoms with van der Waals surface area (Å²) < 4.78 is 0. The third kappa shape index (κ3) is 4.38. The van der Waals surface area contributed by atoms with E-state index >= 15 is 0 Å². The first-order valence-corrected chi connectivity index (χ1v) is 8.04. The van der Waals surface area contributed by atoms with Crippen molar-refractivity contribution in [3.05, 3.63) is 53.9 Å². The lowest BCUT2D eigenvalue weighted by atomic mass is 9.96. The average molecular weight is 294 g/mol. The Hall–Kier alpha value is -2.23. The molecule has 0 aliphatic heterocycles. The number of nitrogens with one attached hydrogen (secondary N) is 1. The van der Waals surface area contributed by atoms with Gasteiger partial charge in [0.15, 0.2) is 0 Å². The second-order valence-electron chi connectivity index (χ2n) is 5.71. The molecule has 4 heteroatoms. The van der Waals surface area contributed by atoms with Crippen molar-refractivity contribution in [3.8, 4) is 0 Å². The van der Waals surface area contributed by atoms with Crippen molar-refractivity contribution in [1.82, 2.24) is 9.97 Å². The zero-order chi connectivity index (χ0) is 15.0. The Morgan fingerprint density at radius 1 is 1.09 bits per heavy atom. The standard InChI is InChI=1S/C18H22N4/c1-3-7-15(8-4-1)13-21-18-19-12-11-17(22-18)14-20-16-9-5-2-6-10-16/h1,3-4,7-8,11-12,14,16H,2,5-6,9-10,13H2,(H,19,21,22). The fourth-order valence-corrected chi connectivity index (χ4v) is 2.72. The highest BCUT2D eigenvalue weighted by molar-refractivity contribution is 5.77. The highest BCUT2D eigenvalue weighted by Gasteiger charge is 2.10. The van der Waals surface area contributed by atoms with Gasteiger partial charge in [-0.2, -0.15) is 0 Å². The van der Waals surface area contributed by atoms with Gasteiger partial charge in [0.05, 0.1) is 11.7 Å². The maximum Gasteiger partial charge on any atom is 0.223 e. The van der Waals surface area contributed by atoms with Crippen LogP contribution in [0, 0.1) is 0 Å². The van der Waals surface area contributed by atoms with Crippen LogP contribution in [0.15, 0.2) is 47.6 Å². The number of nitrogens with zero attached hydrogens (tertiary/aromatic N) is 3. The molecule has 0 amide bonds. The smallest absolute Gasteiger partial charge is 0.223 e. The molecule has 1 aliphatic rings. The third-order valence-corrected chi connectivity index (χ3v) is 3.96. The fraction of sp³-hybridized carbons (Fsp3) is 0.389. The Balaban J connectivity index is 1.58. The van der Waals surface area contributed by atoms with Crippen LogP contribution in [0.4, 0.5) is 5.95 Å². The topological polar surface area (TPSA) is 50.2 Å². The van der Waals surface area contributed by atoms with E-state index in [9.17, 15) is 0 Å². The lowest BCUT2D eigenvalue weighted by molar-refractivity contribution is 0.444. The summed E-state index contributed by atoms with van der Waals surface area (Å²) in [5.41, 5.74) is 2.09. The van der Waals surface area contributed by atoms with Gasteiger partial charge in [-0.3, -0.25) is 4.99 Å². The Kier molecular flexibility index (Phi) is 5.13. The average Bonchev–Trinajstić information content (AvgIpc) is 2.60. The second-order valence-corrected chi connectivity index (χ2v) is 5.71. The van der Waals surface area contributed by atoms with E-state index in [1.165, 1.54) is 37.7 Å². The van der Waals surface area contributed by atoms with Crippen LogP contribution >= 0.6 is 0 Å². The van der Waals surface area contributed by atoms with E-state index < -0.39 is 0 Å². The van der Waals surface area contributed by atoms with Gasteiger partial charge in [0.25, 0.3) is 0 Å². The van der Waals surface area contributed by atoms with Crippen LogP contribution in [-0.2, 0) is 6.54 Å². The molecule has 0 saturated heterocycles. The summed E-state index contributed by atoms with van der Waals surface area (Å²) in [7, 11) is 0. The zero-order valence-corrected chi connectivity index (χ0v) is 12.8. The summed E-state index contributed by atoms with van der Waals surface area (Å²) in [4.78, 5) is 13.4. The predicted molar refractivity (Wildman–Crippen MR) is 90.3 cm³/mol. The molecule has 22 heavy (non-hydrogen) atoms. The lowest BCUT2D eigenvalue weighted by Gasteiger charge is -2.16. The summed E-state index contributed by atoms with van der Waals surface area (Å²) in [5, 5.41) is 3.26. The molecule has 114 valence electrons. The van der Waals surface area contributed by atoms with Crippen LogP contribution in [0.3, 0.4) is 0 Å². The van der Waals surface area contributed by atoms with Crippen molar-refractivity contribution in [3.63, 3.8) is 0 Å². The molecule has 1 aliphatic carbocycles. The number of hydrogen-bond acceptors (Lipinski definition) is 4. The van der Waals surface area contributed by atoms with Gasteiger partial charge < -0.3 is 5.32 Å².